The van der Waals surface area contributed by atoms with Crippen LogP contribution in [0.25, 0.3) is 0 Å². The van der Waals surface area contributed by atoms with Gasteiger partial charge in [0, 0.05) is 12.2 Å². The minimum atomic E-state index is -0.0740. The van der Waals surface area contributed by atoms with Crippen LogP contribution in [0.4, 0.5) is 5.69 Å². The van der Waals surface area contributed by atoms with E-state index in [0.29, 0.717) is 30.7 Å². The predicted molar refractivity (Wildman–Crippen MR) is 116 cm³/mol. The Labute approximate surface area is 179 Å². The number of dihydropyridines is 1. The minimum absolute atomic E-state index is 0.0273. The lowest BCUT2D eigenvalue weighted by Gasteiger charge is -2.15. The molecule has 1 N–H and O–H groups in total. The number of carbonyl (C=O) groups excluding carboxylic acids is 1. The summed E-state index contributed by atoms with van der Waals surface area (Å²) in [5.74, 6) is 2.65. The molecule has 2 aliphatic rings. The fourth-order valence-corrected chi connectivity index (χ4v) is 4.16. The van der Waals surface area contributed by atoms with Crippen molar-refractivity contribution in [3.63, 3.8) is 0 Å². The van der Waals surface area contributed by atoms with Gasteiger partial charge in [0.25, 0.3) is 5.90 Å². The molecule has 1 amide bonds. The average Bonchev–Trinajstić information content (AvgIpc) is 3.38. The highest BCUT2D eigenvalue weighted by molar-refractivity contribution is 7.99. The molecular weight excluding hydrogens is 402 g/mol. The minimum Gasteiger partial charge on any atom is -0.452 e. The Morgan fingerprint density at radius 1 is 1.27 bits per heavy atom. The lowest BCUT2D eigenvalue weighted by Crippen LogP contribution is -2.17. The standard InChI is InChI=1S/C21H25N5O3S/c1-4-26-19(15-9-17-20(22-10-15)29-12-28-17)24-25-21(26)30-11-18(27)23-16-7-5-14(6-8-16)13(2)3/h5-9,13,15H,4,10-12H2,1-3H3,(H,23,27). The third-order valence-corrected chi connectivity index (χ3v) is 5.96. The first-order valence-electron chi connectivity index (χ1n) is 10.0. The molecule has 158 valence electrons. The zero-order valence-electron chi connectivity index (χ0n) is 17.3. The maximum absolute atomic E-state index is 12.4. The molecular formula is C21H25N5O3S. The van der Waals surface area contributed by atoms with Gasteiger partial charge in [-0.1, -0.05) is 37.7 Å². The number of fused-ring (bicyclic) bond motifs is 1. The summed E-state index contributed by atoms with van der Waals surface area (Å²) in [7, 11) is 0. The number of ether oxygens (including phenoxy) is 2. The summed E-state index contributed by atoms with van der Waals surface area (Å²) >= 11 is 1.38. The maximum atomic E-state index is 12.4. The maximum Gasteiger partial charge on any atom is 0.255 e. The number of nitrogens with one attached hydrogen (secondary N) is 1. The van der Waals surface area contributed by atoms with Crippen LogP contribution in [-0.4, -0.2) is 45.7 Å². The van der Waals surface area contributed by atoms with Crippen LogP contribution >= 0.6 is 11.8 Å². The SMILES string of the molecule is CCn1c(SCC(=O)Nc2ccc(C(C)C)cc2)nnc1C1C=C2OCOC2=NC1. The smallest absolute Gasteiger partial charge is 0.255 e. The van der Waals surface area contributed by atoms with Gasteiger partial charge in [0.1, 0.15) is 5.82 Å². The molecule has 0 spiro atoms. The number of benzene rings is 1. The summed E-state index contributed by atoms with van der Waals surface area (Å²) in [4.78, 5) is 16.8. The molecule has 3 heterocycles. The van der Waals surface area contributed by atoms with E-state index in [1.165, 1.54) is 17.3 Å². The van der Waals surface area contributed by atoms with E-state index >= 15 is 0 Å². The molecule has 4 rings (SSSR count). The highest BCUT2D eigenvalue weighted by Gasteiger charge is 2.28. The number of amides is 1. The predicted octanol–water partition coefficient (Wildman–Crippen LogP) is 3.54. The first kappa shape index (κ1) is 20.5. The lowest BCUT2D eigenvalue weighted by molar-refractivity contribution is -0.113. The Hall–Kier alpha value is -2.81. The molecule has 0 bridgehead atoms. The summed E-state index contributed by atoms with van der Waals surface area (Å²) < 4.78 is 12.8. The van der Waals surface area contributed by atoms with Crippen molar-refractivity contribution >= 4 is 29.3 Å². The summed E-state index contributed by atoms with van der Waals surface area (Å²) in [6, 6.07) is 7.95. The topological polar surface area (TPSA) is 90.6 Å². The second-order valence-electron chi connectivity index (χ2n) is 7.39. The first-order valence-corrected chi connectivity index (χ1v) is 11.0. The first-order chi connectivity index (χ1) is 14.5. The second-order valence-corrected chi connectivity index (χ2v) is 8.33. The van der Waals surface area contributed by atoms with Crippen molar-refractivity contribution in [2.45, 2.75) is 44.3 Å². The quantitative estimate of drug-likeness (QED) is 0.680. The Balaban J connectivity index is 1.38. The molecule has 0 saturated carbocycles. The lowest BCUT2D eigenvalue weighted by atomic mass is 10.0. The van der Waals surface area contributed by atoms with Crippen LogP contribution in [0.2, 0.25) is 0 Å². The van der Waals surface area contributed by atoms with Crippen LogP contribution in [0.3, 0.4) is 0 Å². The molecule has 8 nitrogen and oxygen atoms in total. The van der Waals surface area contributed by atoms with Gasteiger partial charge in [-0.3, -0.25) is 4.79 Å². The van der Waals surface area contributed by atoms with Crippen molar-refractivity contribution in [2.75, 3.05) is 24.4 Å². The largest absolute Gasteiger partial charge is 0.452 e. The van der Waals surface area contributed by atoms with Crippen molar-refractivity contribution in [3.8, 4) is 0 Å². The summed E-state index contributed by atoms with van der Waals surface area (Å²) in [6.45, 7) is 7.77. The summed E-state index contributed by atoms with van der Waals surface area (Å²) in [5.41, 5.74) is 2.04. The molecule has 2 aliphatic heterocycles. The Morgan fingerprint density at radius 2 is 2.07 bits per heavy atom. The van der Waals surface area contributed by atoms with E-state index in [2.05, 4.69) is 34.4 Å². The third kappa shape index (κ3) is 4.35. The van der Waals surface area contributed by atoms with E-state index in [1.54, 1.807) is 0 Å². The van der Waals surface area contributed by atoms with Crippen LogP contribution in [0, 0.1) is 0 Å². The van der Waals surface area contributed by atoms with Crippen LogP contribution in [0.1, 0.15) is 44.0 Å². The van der Waals surface area contributed by atoms with E-state index in [4.69, 9.17) is 9.47 Å². The number of rotatable bonds is 7. The van der Waals surface area contributed by atoms with Gasteiger partial charge in [-0.2, -0.15) is 0 Å². The summed E-state index contributed by atoms with van der Waals surface area (Å²) in [6.07, 6.45) is 1.98. The zero-order chi connectivity index (χ0) is 21.1. The molecule has 0 aliphatic carbocycles. The number of hydrogen-bond acceptors (Lipinski definition) is 7. The van der Waals surface area contributed by atoms with Crippen molar-refractivity contribution in [2.24, 2.45) is 4.99 Å². The van der Waals surface area contributed by atoms with Crippen LogP contribution < -0.4 is 5.32 Å². The molecule has 1 atom stereocenters. The highest BCUT2D eigenvalue weighted by Crippen LogP contribution is 2.28. The number of anilines is 1. The van der Waals surface area contributed by atoms with Gasteiger partial charge >= 0.3 is 0 Å². The van der Waals surface area contributed by atoms with E-state index < -0.39 is 0 Å². The third-order valence-electron chi connectivity index (χ3n) is 4.99. The number of hydrogen-bond donors (Lipinski definition) is 1. The molecule has 1 fully saturated rings. The Morgan fingerprint density at radius 3 is 2.80 bits per heavy atom. The van der Waals surface area contributed by atoms with E-state index in [-0.39, 0.29) is 24.4 Å². The van der Waals surface area contributed by atoms with Gasteiger partial charge in [-0.25, -0.2) is 4.99 Å². The van der Waals surface area contributed by atoms with Gasteiger partial charge in [-0.15, -0.1) is 10.2 Å². The van der Waals surface area contributed by atoms with Gasteiger partial charge in [0.15, 0.2) is 10.9 Å². The molecule has 1 unspecified atom stereocenters. The Bertz CT molecular complexity index is 981. The van der Waals surface area contributed by atoms with Crippen LogP contribution in [0.5, 0.6) is 0 Å². The molecule has 1 saturated heterocycles. The monoisotopic (exact) mass is 427 g/mol. The van der Waals surface area contributed by atoms with Crippen molar-refractivity contribution in [1.29, 1.82) is 0 Å². The Kier molecular flexibility index (Phi) is 6.08. The average molecular weight is 428 g/mol. The number of thioether (sulfide) groups is 1. The fraction of sp³-hybridized carbons (Fsp3) is 0.429. The number of carbonyl (C=O) groups is 1. The molecule has 1 aromatic heterocycles. The van der Waals surface area contributed by atoms with Crippen molar-refractivity contribution < 1.29 is 14.3 Å². The van der Waals surface area contributed by atoms with Crippen LogP contribution in [0.15, 0.2) is 46.2 Å². The van der Waals surface area contributed by atoms with Crippen molar-refractivity contribution in [3.05, 3.63) is 47.5 Å². The molecule has 9 heteroatoms. The van der Waals surface area contributed by atoms with Crippen LogP contribution in [-0.2, 0) is 20.8 Å². The molecule has 2 aromatic rings. The summed E-state index contributed by atoms with van der Waals surface area (Å²) in [5, 5.41) is 12.3. The van der Waals surface area contributed by atoms with Gasteiger partial charge < -0.3 is 19.4 Å². The fourth-order valence-electron chi connectivity index (χ4n) is 3.35. The molecule has 30 heavy (non-hydrogen) atoms. The van der Waals surface area contributed by atoms with Crippen molar-refractivity contribution in [1.82, 2.24) is 14.8 Å². The van der Waals surface area contributed by atoms with Gasteiger partial charge in [0.05, 0.1) is 18.2 Å². The normalized spacial score (nSPS) is 17.7. The second kappa shape index (κ2) is 8.91. The van der Waals surface area contributed by atoms with Gasteiger partial charge in [0.2, 0.25) is 12.7 Å². The van der Waals surface area contributed by atoms with E-state index in [0.717, 1.165) is 16.7 Å². The van der Waals surface area contributed by atoms with Gasteiger partial charge in [-0.05, 0) is 36.6 Å². The number of aromatic nitrogens is 3. The molecule has 0 radical (unpaired) electrons. The number of nitrogens with zero attached hydrogens (tertiary/aromatic N) is 4. The zero-order valence-corrected chi connectivity index (χ0v) is 18.1. The number of aliphatic imine (C=N–C) groups is 1. The van der Waals surface area contributed by atoms with E-state index in [9.17, 15) is 4.79 Å². The highest BCUT2D eigenvalue weighted by atomic mass is 32.2. The molecule has 1 aromatic carbocycles. The van der Waals surface area contributed by atoms with E-state index in [1.807, 2.05) is 41.8 Å².